The number of amides is 3. The molecule has 1 saturated heterocycles. The lowest BCUT2D eigenvalue weighted by Crippen LogP contribution is -2.46. The zero-order valence-electron chi connectivity index (χ0n) is 9.21. The van der Waals surface area contributed by atoms with Gasteiger partial charge in [0.25, 0.3) is 0 Å². The molecular weight excluding hydrogens is 248 g/mol. The molecule has 0 aromatic carbocycles. The third-order valence-electron chi connectivity index (χ3n) is 2.35. The molecule has 102 valence electrons. The average Bonchev–Trinajstić information content (AvgIpc) is 2.57. The van der Waals surface area contributed by atoms with Crippen LogP contribution < -0.4 is 11.5 Å². The molecule has 0 bridgehead atoms. The van der Waals surface area contributed by atoms with Gasteiger partial charge in [-0.15, -0.1) is 0 Å². The van der Waals surface area contributed by atoms with Gasteiger partial charge in [0.2, 0.25) is 6.41 Å². The van der Waals surface area contributed by atoms with Crippen molar-refractivity contribution in [2.45, 2.75) is 24.5 Å². The second-order valence-corrected chi connectivity index (χ2v) is 3.56. The third kappa shape index (κ3) is 2.73. The molecule has 0 spiro atoms. The van der Waals surface area contributed by atoms with Crippen LogP contribution in [0.5, 0.6) is 0 Å². The Morgan fingerprint density at radius 3 is 2.39 bits per heavy atom. The van der Waals surface area contributed by atoms with E-state index in [1.54, 1.807) is 0 Å². The number of ether oxygens (including phenoxy) is 1. The minimum atomic E-state index is -1.56. The number of carbonyl (C=O) groups is 2. The second kappa shape index (κ2) is 5.73. The number of urea groups is 1. The first-order valence-corrected chi connectivity index (χ1v) is 4.92. The zero-order valence-corrected chi connectivity index (χ0v) is 9.21. The van der Waals surface area contributed by atoms with Crippen LogP contribution in [0.3, 0.4) is 0 Å². The van der Waals surface area contributed by atoms with Crippen molar-refractivity contribution in [1.29, 1.82) is 0 Å². The van der Waals surface area contributed by atoms with Gasteiger partial charge in [0.1, 0.15) is 18.3 Å². The highest BCUT2D eigenvalue weighted by Crippen LogP contribution is 2.23. The largest absolute Gasteiger partial charge is 0.394 e. The van der Waals surface area contributed by atoms with Crippen molar-refractivity contribution in [3.63, 3.8) is 0 Å². The SMILES string of the molecule is NC(N)=NC(=O)N(C=O)[C@@H]1O[C@H](CO)[C@@H](O)[C@H]1O. The lowest BCUT2D eigenvalue weighted by Gasteiger charge is -2.22. The molecule has 10 nitrogen and oxygen atoms in total. The van der Waals surface area contributed by atoms with Crippen LogP contribution in [0.1, 0.15) is 0 Å². The predicted molar refractivity (Wildman–Crippen MR) is 56.9 cm³/mol. The molecule has 0 radical (unpaired) electrons. The Balaban J connectivity index is 2.87. The molecule has 1 aliphatic heterocycles. The molecule has 0 unspecified atom stereocenters. The monoisotopic (exact) mass is 262 g/mol. The van der Waals surface area contributed by atoms with Gasteiger partial charge in [-0.25, -0.2) is 9.69 Å². The predicted octanol–water partition coefficient (Wildman–Crippen LogP) is -3.72. The van der Waals surface area contributed by atoms with Crippen molar-refractivity contribution in [1.82, 2.24) is 4.90 Å². The van der Waals surface area contributed by atoms with E-state index in [2.05, 4.69) is 4.99 Å². The Hall–Kier alpha value is -1.75. The maximum absolute atomic E-state index is 11.4. The fourth-order valence-corrected chi connectivity index (χ4v) is 1.49. The molecule has 0 aliphatic carbocycles. The quantitative estimate of drug-likeness (QED) is 0.196. The topological polar surface area (TPSA) is 172 Å². The first-order valence-electron chi connectivity index (χ1n) is 4.92. The van der Waals surface area contributed by atoms with E-state index in [-0.39, 0.29) is 6.41 Å². The van der Waals surface area contributed by atoms with Crippen molar-refractivity contribution < 1.29 is 29.6 Å². The summed E-state index contributed by atoms with van der Waals surface area (Å²) in [5.74, 6) is -0.571. The molecule has 7 N–H and O–H groups in total. The van der Waals surface area contributed by atoms with Gasteiger partial charge in [0, 0.05) is 0 Å². The van der Waals surface area contributed by atoms with Gasteiger partial charge in [-0.05, 0) is 0 Å². The van der Waals surface area contributed by atoms with E-state index in [1.807, 2.05) is 0 Å². The minimum Gasteiger partial charge on any atom is -0.394 e. The highest BCUT2D eigenvalue weighted by Gasteiger charge is 2.46. The Kier molecular flexibility index (Phi) is 4.55. The maximum Gasteiger partial charge on any atom is 0.355 e. The Morgan fingerprint density at radius 1 is 1.39 bits per heavy atom. The number of hydrogen-bond donors (Lipinski definition) is 5. The summed E-state index contributed by atoms with van der Waals surface area (Å²) in [7, 11) is 0. The Bertz CT molecular complexity index is 357. The van der Waals surface area contributed by atoms with E-state index < -0.39 is 43.1 Å². The number of nitrogens with two attached hydrogens (primary N) is 2. The van der Waals surface area contributed by atoms with Gasteiger partial charge >= 0.3 is 6.03 Å². The molecule has 1 heterocycles. The summed E-state index contributed by atoms with van der Waals surface area (Å²) in [6.07, 6.45) is -5.53. The summed E-state index contributed by atoms with van der Waals surface area (Å²) >= 11 is 0. The number of nitrogens with zero attached hydrogens (tertiary/aromatic N) is 2. The highest BCUT2D eigenvalue weighted by atomic mass is 16.6. The van der Waals surface area contributed by atoms with Crippen LogP contribution in [0.15, 0.2) is 4.99 Å². The van der Waals surface area contributed by atoms with Crippen LogP contribution >= 0.6 is 0 Å². The van der Waals surface area contributed by atoms with Crippen LogP contribution in [-0.2, 0) is 9.53 Å². The van der Waals surface area contributed by atoms with Crippen molar-refractivity contribution >= 4 is 18.4 Å². The minimum absolute atomic E-state index is 0.0507. The van der Waals surface area contributed by atoms with Gasteiger partial charge in [0.05, 0.1) is 6.61 Å². The molecule has 0 aromatic heterocycles. The molecule has 0 aromatic rings. The Labute approximate surface area is 101 Å². The standard InChI is InChI=1S/C8H14N4O6/c9-7(10)11-8(17)12(2-14)6-5(16)4(15)3(1-13)18-6/h2-6,13,15-16H,1H2,(H4,9,10,11,17)/t3-,4-,5-,6-/m1/s1. The van der Waals surface area contributed by atoms with E-state index in [9.17, 15) is 19.8 Å². The third-order valence-corrected chi connectivity index (χ3v) is 2.35. The van der Waals surface area contributed by atoms with Crippen molar-refractivity contribution in [3.8, 4) is 0 Å². The average molecular weight is 262 g/mol. The second-order valence-electron chi connectivity index (χ2n) is 3.56. The van der Waals surface area contributed by atoms with Crippen molar-refractivity contribution in [2.24, 2.45) is 16.5 Å². The summed E-state index contributed by atoms with van der Waals surface area (Å²) in [5, 5.41) is 27.9. The van der Waals surface area contributed by atoms with Crippen LogP contribution in [-0.4, -0.2) is 69.8 Å². The van der Waals surface area contributed by atoms with Crippen LogP contribution in [0.2, 0.25) is 0 Å². The zero-order chi connectivity index (χ0) is 13.9. The summed E-state index contributed by atoms with van der Waals surface area (Å²) in [4.78, 5) is 25.7. The van der Waals surface area contributed by atoms with Gasteiger partial charge < -0.3 is 31.5 Å². The van der Waals surface area contributed by atoms with E-state index in [4.69, 9.17) is 21.3 Å². The molecular formula is C8H14N4O6. The summed E-state index contributed by atoms with van der Waals surface area (Å²) in [5.41, 5.74) is 9.94. The molecule has 1 fully saturated rings. The molecule has 3 amide bonds. The summed E-state index contributed by atoms with van der Waals surface area (Å²) in [6, 6.07) is -1.15. The first-order chi connectivity index (χ1) is 8.42. The van der Waals surface area contributed by atoms with E-state index in [0.29, 0.717) is 4.90 Å². The van der Waals surface area contributed by atoms with Gasteiger partial charge in [-0.3, -0.25) is 4.79 Å². The molecule has 1 rings (SSSR count). The molecule has 0 saturated carbocycles. The van der Waals surface area contributed by atoms with Crippen molar-refractivity contribution in [3.05, 3.63) is 0 Å². The van der Waals surface area contributed by atoms with Gasteiger partial charge in [0.15, 0.2) is 12.2 Å². The summed E-state index contributed by atoms with van der Waals surface area (Å²) in [6.45, 7) is -0.585. The number of rotatable bonds is 3. The first kappa shape index (κ1) is 14.3. The van der Waals surface area contributed by atoms with E-state index >= 15 is 0 Å². The highest BCUT2D eigenvalue weighted by molar-refractivity contribution is 5.94. The fraction of sp³-hybridized carbons (Fsp3) is 0.625. The van der Waals surface area contributed by atoms with Gasteiger partial charge in [-0.2, -0.15) is 4.99 Å². The number of hydrogen-bond acceptors (Lipinski definition) is 6. The van der Waals surface area contributed by atoms with Crippen LogP contribution in [0, 0.1) is 0 Å². The maximum atomic E-state index is 11.4. The van der Waals surface area contributed by atoms with Crippen LogP contribution in [0.4, 0.5) is 4.79 Å². The fourth-order valence-electron chi connectivity index (χ4n) is 1.49. The molecule has 1 aliphatic rings. The lowest BCUT2D eigenvalue weighted by molar-refractivity contribution is -0.131. The van der Waals surface area contributed by atoms with E-state index in [1.165, 1.54) is 0 Å². The Morgan fingerprint density at radius 2 is 2.00 bits per heavy atom. The van der Waals surface area contributed by atoms with Crippen LogP contribution in [0.25, 0.3) is 0 Å². The van der Waals surface area contributed by atoms with Crippen molar-refractivity contribution in [2.75, 3.05) is 6.61 Å². The number of carbonyl (C=O) groups excluding carboxylic acids is 2. The van der Waals surface area contributed by atoms with E-state index in [0.717, 1.165) is 0 Å². The summed E-state index contributed by atoms with van der Waals surface area (Å²) < 4.78 is 4.96. The molecule has 10 heteroatoms. The number of aliphatic hydroxyl groups excluding tert-OH is 3. The molecule has 4 atom stereocenters. The lowest BCUT2D eigenvalue weighted by atomic mass is 10.1. The van der Waals surface area contributed by atoms with Gasteiger partial charge in [-0.1, -0.05) is 0 Å². The number of guanidine groups is 1. The normalized spacial score (nSPS) is 30.8. The number of aliphatic imine (C=N–C) groups is 1. The smallest absolute Gasteiger partial charge is 0.355 e. The number of aliphatic hydroxyl groups is 3. The number of imide groups is 1. The molecule has 18 heavy (non-hydrogen) atoms.